The maximum Gasteiger partial charge on any atom is 0.240 e. The SMILES string of the molecule is CC1CC(Oc2nc(-c3cnn(C)c3)cn3nccc23)CCN1C=O.CC1CO1. The highest BCUT2D eigenvalue weighted by atomic mass is 16.6. The minimum Gasteiger partial charge on any atom is -0.473 e. The van der Waals surface area contributed by atoms with E-state index in [-0.39, 0.29) is 12.1 Å². The summed E-state index contributed by atoms with van der Waals surface area (Å²) >= 11 is 0. The number of fused-ring (bicyclic) bond motifs is 1. The van der Waals surface area contributed by atoms with Crippen LogP contribution < -0.4 is 4.74 Å². The van der Waals surface area contributed by atoms with Crippen LogP contribution in [0.25, 0.3) is 16.8 Å². The number of carbonyl (C=O) groups excluding carboxylic acids is 1. The molecule has 0 saturated carbocycles. The number of rotatable bonds is 4. The molecule has 0 aliphatic carbocycles. The largest absolute Gasteiger partial charge is 0.473 e. The molecule has 3 unspecified atom stereocenters. The Balaban J connectivity index is 0.000000458. The fourth-order valence-corrected chi connectivity index (χ4v) is 3.34. The lowest BCUT2D eigenvalue weighted by Crippen LogP contribution is -2.43. The Hall–Kier alpha value is -2.94. The summed E-state index contributed by atoms with van der Waals surface area (Å²) in [5.74, 6) is 0.565. The lowest BCUT2D eigenvalue weighted by atomic mass is 10.0. The van der Waals surface area contributed by atoms with Gasteiger partial charge in [-0.1, -0.05) is 0 Å². The number of likely N-dealkylation sites (tertiary alicyclic amines) is 1. The van der Waals surface area contributed by atoms with Gasteiger partial charge in [0.05, 0.1) is 37.0 Å². The number of aromatic nitrogens is 5. The van der Waals surface area contributed by atoms with Crippen molar-refractivity contribution in [2.24, 2.45) is 7.05 Å². The number of epoxide rings is 1. The molecule has 2 saturated heterocycles. The van der Waals surface area contributed by atoms with E-state index in [2.05, 4.69) is 17.1 Å². The van der Waals surface area contributed by atoms with Crippen LogP contribution in [-0.2, 0) is 16.6 Å². The quantitative estimate of drug-likeness (QED) is 0.493. The van der Waals surface area contributed by atoms with Crippen LogP contribution in [0, 0.1) is 0 Å². The molecule has 3 aromatic heterocycles. The van der Waals surface area contributed by atoms with E-state index >= 15 is 0 Å². The summed E-state index contributed by atoms with van der Waals surface area (Å²) in [7, 11) is 1.87. The van der Waals surface area contributed by atoms with Crippen molar-refractivity contribution < 1.29 is 14.3 Å². The van der Waals surface area contributed by atoms with Gasteiger partial charge in [0, 0.05) is 44.2 Å². The van der Waals surface area contributed by atoms with Gasteiger partial charge in [-0.05, 0) is 19.9 Å². The maximum absolute atomic E-state index is 11.0. The molecule has 9 heteroatoms. The van der Waals surface area contributed by atoms with Gasteiger partial charge in [0.1, 0.15) is 11.6 Å². The fraction of sp³-hybridized carbons (Fsp3) is 0.500. The molecule has 5 rings (SSSR count). The lowest BCUT2D eigenvalue weighted by Gasteiger charge is -2.35. The highest BCUT2D eigenvalue weighted by molar-refractivity contribution is 5.63. The first-order chi connectivity index (χ1) is 14.0. The van der Waals surface area contributed by atoms with Crippen LogP contribution >= 0.6 is 0 Å². The zero-order chi connectivity index (χ0) is 20.4. The van der Waals surface area contributed by atoms with Crippen LogP contribution in [0.15, 0.2) is 30.9 Å². The smallest absolute Gasteiger partial charge is 0.240 e. The Kier molecular flexibility index (Phi) is 5.48. The Bertz CT molecular complexity index is 980. The van der Waals surface area contributed by atoms with Gasteiger partial charge in [-0.3, -0.25) is 9.48 Å². The zero-order valence-corrected chi connectivity index (χ0v) is 16.9. The van der Waals surface area contributed by atoms with Crippen molar-refractivity contribution in [3.63, 3.8) is 0 Å². The lowest BCUT2D eigenvalue weighted by molar-refractivity contribution is -0.122. The van der Waals surface area contributed by atoms with E-state index < -0.39 is 0 Å². The van der Waals surface area contributed by atoms with Gasteiger partial charge in [-0.15, -0.1) is 0 Å². The number of nitrogens with zero attached hydrogens (tertiary/aromatic N) is 6. The normalized spacial score (nSPS) is 23.4. The molecule has 2 aliphatic heterocycles. The van der Waals surface area contributed by atoms with Gasteiger partial charge in [0.2, 0.25) is 12.3 Å². The molecule has 154 valence electrons. The van der Waals surface area contributed by atoms with Crippen LogP contribution in [0.2, 0.25) is 0 Å². The summed E-state index contributed by atoms with van der Waals surface area (Å²) in [5, 5.41) is 8.52. The first-order valence-electron chi connectivity index (χ1n) is 9.86. The first kappa shape index (κ1) is 19.4. The van der Waals surface area contributed by atoms with Gasteiger partial charge in [0.15, 0.2) is 0 Å². The van der Waals surface area contributed by atoms with Crippen LogP contribution in [0.5, 0.6) is 5.88 Å². The summed E-state index contributed by atoms with van der Waals surface area (Å²) < 4.78 is 14.4. The van der Waals surface area contributed by atoms with Crippen molar-refractivity contribution >= 4 is 11.9 Å². The molecule has 0 radical (unpaired) electrons. The third kappa shape index (κ3) is 4.56. The molecule has 29 heavy (non-hydrogen) atoms. The first-order valence-corrected chi connectivity index (χ1v) is 9.86. The van der Waals surface area contributed by atoms with Crippen molar-refractivity contribution in [1.29, 1.82) is 0 Å². The van der Waals surface area contributed by atoms with E-state index in [1.807, 2.05) is 37.3 Å². The monoisotopic (exact) mass is 398 g/mol. The number of hydrogen-bond donors (Lipinski definition) is 0. The van der Waals surface area contributed by atoms with E-state index in [4.69, 9.17) is 14.5 Å². The van der Waals surface area contributed by atoms with Crippen molar-refractivity contribution in [3.8, 4) is 17.1 Å². The Morgan fingerprint density at radius 1 is 1.28 bits per heavy atom. The predicted octanol–water partition coefficient (Wildman–Crippen LogP) is 1.92. The fourth-order valence-electron chi connectivity index (χ4n) is 3.34. The van der Waals surface area contributed by atoms with Gasteiger partial charge >= 0.3 is 0 Å². The number of amides is 1. The van der Waals surface area contributed by atoms with E-state index in [0.717, 1.165) is 42.6 Å². The van der Waals surface area contributed by atoms with E-state index in [1.165, 1.54) is 0 Å². The summed E-state index contributed by atoms with van der Waals surface area (Å²) in [5.41, 5.74) is 2.50. The highest BCUT2D eigenvalue weighted by Crippen LogP contribution is 2.27. The molecule has 5 heterocycles. The van der Waals surface area contributed by atoms with Crippen LogP contribution in [-0.4, -0.2) is 67.1 Å². The Morgan fingerprint density at radius 3 is 2.69 bits per heavy atom. The molecule has 3 atom stereocenters. The van der Waals surface area contributed by atoms with Gasteiger partial charge in [-0.2, -0.15) is 10.2 Å². The van der Waals surface area contributed by atoms with Crippen molar-refractivity contribution in [1.82, 2.24) is 29.3 Å². The van der Waals surface area contributed by atoms with Crippen LogP contribution in [0.1, 0.15) is 26.7 Å². The molecule has 0 bridgehead atoms. The highest BCUT2D eigenvalue weighted by Gasteiger charge is 2.26. The van der Waals surface area contributed by atoms with Crippen molar-refractivity contribution in [3.05, 3.63) is 30.9 Å². The second-order valence-electron chi connectivity index (χ2n) is 7.60. The second-order valence-corrected chi connectivity index (χ2v) is 7.60. The van der Waals surface area contributed by atoms with Gasteiger partial charge in [-0.25, -0.2) is 9.50 Å². The molecule has 2 fully saturated rings. The third-order valence-electron chi connectivity index (χ3n) is 5.15. The number of carbonyl (C=O) groups is 1. The second kappa shape index (κ2) is 8.20. The number of hydrogen-bond acceptors (Lipinski definition) is 6. The zero-order valence-electron chi connectivity index (χ0n) is 16.9. The number of ether oxygens (including phenoxy) is 2. The molecule has 2 aliphatic rings. The molecular weight excluding hydrogens is 372 g/mol. The standard InChI is InChI=1S/C17H20N6O2.C3H6O/c1-12-7-14(4-6-22(12)11-24)25-17-16-3-5-18-23(16)10-15(20-17)13-8-19-21(2)9-13;1-3-2-4-3/h3,5,8-12,14H,4,6-7H2,1-2H3;3H,2H2,1H3. The summed E-state index contributed by atoms with van der Waals surface area (Å²) in [6, 6.07) is 2.05. The molecule has 0 aromatic carbocycles. The average Bonchev–Trinajstić information content (AvgIpc) is 3.17. The van der Waals surface area contributed by atoms with Crippen molar-refractivity contribution in [2.75, 3.05) is 13.2 Å². The molecule has 9 nitrogen and oxygen atoms in total. The number of piperidine rings is 1. The maximum atomic E-state index is 11.0. The van der Waals surface area contributed by atoms with E-state index in [9.17, 15) is 4.79 Å². The summed E-state index contributed by atoms with van der Waals surface area (Å²) in [6.07, 6.45) is 10.4. The third-order valence-corrected chi connectivity index (χ3v) is 5.15. The Morgan fingerprint density at radius 2 is 2.07 bits per heavy atom. The topological polar surface area (TPSA) is 90.1 Å². The Labute approximate surface area is 169 Å². The summed E-state index contributed by atoms with van der Waals surface area (Å²) in [4.78, 5) is 17.5. The molecule has 0 spiro atoms. The molecule has 3 aromatic rings. The minimum atomic E-state index is 0.0292. The van der Waals surface area contributed by atoms with Crippen LogP contribution in [0.3, 0.4) is 0 Å². The average molecular weight is 398 g/mol. The number of aryl methyl sites for hydroxylation is 1. The van der Waals surface area contributed by atoms with Gasteiger partial charge < -0.3 is 14.4 Å². The minimum absolute atomic E-state index is 0.0292. The van der Waals surface area contributed by atoms with Gasteiger partial charge in [0.25, 0.3) is 0 Å². The predicted molar refractivity (Wildman–Crippen MR) is 106 cm³/mol. The molecule has 0 N–H and O–H groups in total. The van der Waals surface area contributed by atoms with Crippen molar-refractivity contribution in [2.45, 2.75) is 44.9 Å². The molecular formula is C20H26N6O3. The molecule has 1 amide bonds. The van der Waals surface area contributed by atoms with E-state index in [1.54, 1.807) is 21.6 Å². The van der Waals surface area contributed by atoms with Crippen LogP contribution in [0.4, 0.5) is 0 Å². The summed E-state index contributed by atoms with van der Waals surface area (Å²) in [6.45, 7) is 5.78. The van der Waals surface area contributed by atoms with E-state index in [0.29, 0.717) is 18.5 Å².